The highest BCUT2D eigenvalue weighted by molar-refractivity contribution is 5.59. The number of methoxy groups -OCH3 is 1. The van der Waals surface area contributed by atoms with E-state index in [0.29, 0.717) is 29.0 Å². The number of hydrogen-bond donors (Lipinski definition) is 0. The Morgan fingerprint density at radius 3 is 1.26 bits per heavy atom. The van der Waals surface area contributed by atoms with E-state index in [0.717, 1.165) is 22.6 Å². The Kier molecular flexibility index (Phi) is 5.95. The summed E-state index contributed by atoms with van der Waals surface area (Å²) in [7, 11) is 1.63. The summed E-state index contributed by atoms with van der Waals surface area (Å²) >= 11 is 0. The first-order valence-corrected chi connectivity index (χ1v) is 10.8. The van der Waals surface area contributed by atoms with E-state index in [1.807, 2.05) is 104 Å². The Labute approximate surface area is 197 Å². The van der Waals surface area contributed by atoms with Crippen molar-refractivity contribution in [3.8, 4) is 51.7 Å². The summed E-state index contributed by atoms with van der Waals surface area (Å²) in [6, 6.07) is 30.4. The zero-order valence-electron chi connectivity index (χ0n) is 18.8. The van der Waals surface area contributed by atoms with Gasteiger partial charge in [-0.1, -0.05) is 17.7 Å². The molecule has 0 saturated heterocycles. The van der Waals surface area contributed by atoms with Gasteiger partial charge in [-0.25, -0.2) is 0 Å². The molecule has 0 fully saturated rings. The van der Waals surface area contributed by atoms with Crippen molar-refractivity contribution in [3.63, 3.8) is 0 Å². The van der Waals surface area contributed by atoms with E-state index in [4.69, 9.17) is 18.6 Å². The van der Waals surface area contributed by atoms with Crippen LogP contribution in [0, 0.1) is 6.92 Å². The summed E-state index contributed by atoms with van der Waals surface area (Å²) in [5.74, 6) is 4.59. The fraction of sp³-hybridized carbons (Fsp3) is 0.0714. The van der Waals surface area contributed by atoms with Crippen molar-refractivity contribution in [2.24, 2.45) is 0 Å². The molecule has 6 heteroatoms. The van der Waals surface area contributed by atoms with E-state index in [2.05, 4.69) is 10.2 Å². The van der Waals surface area contributed by atoms with Crippen LogP contribution < -0.4 is 14.2 Å². The molecule has 168 valence electrons. The number of ether oxygens (including phenoxy) is 3. The molecule has 5 aromatic rings. The molecule has 0 saturated carbocycles. The largest absolute Gasteiger partial charge is 0.497 e. The second-order valence-corrected chi connectivity index (χ2v) is 7.65. The molecule has 0 radical (unpaired) electrons. The Morgan fingerprint density at radius 1 is 0.500 bits per heavy atom. The van der Waals surface area contributed by atoms with Crippen molar-refractivity contribution < 1.29 is 18.6 Å². The van der Waals surface area contributed by atoms with Crippen molar-refractivity contribution in [1.29, 1.82) is 0 Å². The van der Waals surface area contributed by atoms with Gasteiger partial charge in [0.15, 0.2) is 0 Å². The smallest absolute Gasteiger partial charge is 0.248 e. The third-order valence-electron chi connectivity index (χ3n) is 5.18. The zero-order valence-corrected chi connectivity index (χ0v) is 18.8. The van der Waals surface area contributed by atoms with Crippen LogP contribution >= 0.6 is 0 Å². The predicted octanol–water partition coefficient (Wildman–Crippen LogP) is 7.31. The number of benzene rings is 4. The van der Waals surface area contributed by atoms with Crippen LogP contribution in [0.25, 0.3) is 22.9 Å². The molecule has 0 aliphatic rings. The third kappa shape index (κ3) is 4.91. The fourth-order valence-electron chi connectivity index (χ4n) is 3.31. The molecule has 0 atom stereocenters. The topological polar surface area (TPSA) is 66.6 Å². The van der Waals surface area contributed by atoms with Crippen LogP contribution in [-0.2, 0) is 0 Å². The van der Waals surface area contributed by atoms with Gasteiger partial charge in [0.1, 0.15) is 28.7 Å². The van der Waals surface area contributed by atoms with Gasteiger partial charge in [0.05, 0.1) is 7.11 Å². The lowest BCUT2D eigenvalue weighted by Gasteiger charge is -2.09. The quantitative estimate of drug-likeness (QED) is 0.259. The Bertz CT molecular complexity index is 1360. The summed E-state index contributed by atoms with van der Waals surface area (Å²) in [5.41, 5.74) is 2.89. The molecule has 0 aliphatic heterocycles. The highest BCUT2D eigenvalue weighted by atomic mass is 16.5. The van der Waals surface area contributed by atoms with E-state index >= 15 is 0 Å². The maximum Gasteiger partial charge on any atom is 0.248 e. The maximum absolute atomic E-state index is 5.95. The highest BCUT2D eigenvalue weighted by Crippen LogP contribution is 2.30. The minimum atomic E-state index is 0.460. The molecule has 4 aromatic carbocycles. The molecular weight excluding hydrogens is 428 g/mol. The summed E-state index contributed by atoms with van der Waals surface area (Å²) in [6.07, 6.45) is 0. The molecule has 1 aromatic heterocycles. The molecule has 6 nitrogen and oxygen atoms in total. The summed E-state index contributed by atoms with van der Waals surface area (Å²) in [5, 5.41) is 8.34. The second kappa shape index (κ2) is 9.50. The van der Waals surface area contributed by atoms with E-state index < -0.39 is 0 Å². The van der Waals surface area contributed by atoms with Crippen LogP contribution in [0.1, 0.15) is 5.56 Å². The maximum atomic E-state index is 5.95. The van der Waals surface area contributed by atoms with E-state index in [9.17, 15) is 0 Å². The van der Waals surface area contributed by atoms with Gasteiger partial charge in [0, 0.05) is 11.1 Å². The van der Waals surface area contributed by atoms with Crippen LogP contribution in [-0.4, -0.2) is 17.3 Å². The van der Waals surface area contributed by atoms with Crippen LogP contribution in [0.15, 0.2) is 101 Å². The Balaban J connectivity index is 1.22. The fourth-order valence-corrected chi connectivity index (χ4v) is 3.31. The van der Waals surface area contributed by atoms with Crippen molar-refractivity contribution in [3.05, 3.63) is 103 Å². The van der Waals surface area contributed by atoms with Crippen molar-refractivity contribution in [1.82, 2.24) is 10.2 Å². The Hall–Kier alpha value is -4.58. The van der Waals surface area contributed by atoms with Crippen molar-refractivity contribution in [2.45, 2.75) is 6.92 Å². The van der Waals surface area contributed by atoms with Crippen molar-refractivity contribution >= 4 is 0 Å². The lowest BCUT2D eigenvalue weighted by Crippen LogP contribution is -1.87. The van der Waals surface area contributed by atoms with Gasteiger partial charge in [-0.2, -0.15) is 0 Å². The molecule has 0 unspecified atom stereocenters. The van der Waals surface area contributed by atoms with Gasteiger partial charge >= 0.3 is 0 Å². The number of rotatable bonds is 7. The molecule has 0 spiro atoms. The minimum Gasteiger partial charge on any atom is -0.497 e. The van der Waals surface area contributed by atoms with Crippen LogP contribution in [0.2, 0.25) is 0 Å². The predicted molar refractivity (Wildman–Crippen MR) is 129 cm³/mol. The number of nitrogens with zero attached hydrogens (tertiary/aromatic N) is 2. The van der Waals surface area contributed by atoms with Gasteiger partial charge in [-0.05, 0) is 91.9 Å². The zero-order chi connectivity index (χ0) is 23.3. The normalized spacial score (nSPS) is 10.6. The van der Waals surface area contributed by atoms with E-state index in [-0.39, 0.29) is 0 Å². The molecule has 1 heterocycles. The average Bonchev–Trinajstić information content (AvgIpc) is 3.37. The van der Waals surface area contributed by atoms with E-state index in [1.165, 1.54) is 5.56 Å². The van der Waals surface area contributed by atoms with Crippen molar-refractivity contribution in [2.75, 3.05) is 7.11 Å². The standard InChI is InChI=1S/C28H22N2O4/c1-19-3-5-20(6-4-19)27-29-30-28(34-27)21-7-9-23(10-8-21)32-25-15-17-26(18-16-25)33-24-13-11-22(31-2)12-14-24/h3-18H,1-2H3. The summed E-state index contributed by atoms with van der Waals surface area (Å²) < 4.78 is 22.8. The number of hydrogen-bond acceptors (Lipinski definition) is 6. The molecule has 0 aliphatic carbocycles. The second-order valence-electron chi connectivity index (χ2n) is 7.65. The number of aryl methyl sites for hydroxylation is 1. The summed E-state index contributed by atoms with van der Waals surface area (Å²) in [6.45, 7) is 2.04. The van der Waals surface area contributed by atoms with Gasteiger partial charge in [-0.3, -0.25) is 0 Å². The summed E-state index contributed by atoms with van der Waals surface area (Å²) in [4.78, 5) is 0. The first-order chi connectivity index (χ1) is 16.7. The molecule has 0 amide bonds. The average molecular weight is 450 g/mol. The van der Waals surface area contributed by atoms with Crippen LogP contribution in [0.3, 0.4) is 0 Å². The van der Waals surface area contributed by atoms with Crippen LogP contribution in [0.4, 0.5) is 0 Å². The molecule has 34 heavy (non-hydrogen) atoms. The minimum absolute atomic E-state index is 0.460. The third-order valence-corrected chi connectivity index (χ3v) is 5.18. The first kappa shape index (κ1) is 21.3. The van der Waals surface area contributed by atoms with Gasteiger partial charge in [0.25, 0.3) is 0 Å². The monoisotopic (exact) mass is 450 g/mol. The lowest BCUT2D eigenvalue weighted by molar-refractivity contribution is 0.413. The molecule has 5 rings (SSSR count). The number of aromatic nitrogens is 2. The molecular formula is C28H22N2O4. The van der Waals surface area contributed by atoms with Gasteiger partial charge in [0.2, 0.25) is 11.8 Å². The van der Waals surface area contributed by atoms with Gasteiger partial charge < -0.3 is 18.6 Å². The Morgan fingerprint density at radius 2 is 0.853 bits per heavy atom. The highest BCUT2D eigenvalue weighted by Gasteiger charge is 2.11. The first-order valence-electron chi connectivity index (χ1n) is 10.8. The molecule has 0 N–H and O–H groups in total. The lowest BCUT2D eigenvalue weighted by atomic mass is 10.1. The molecule has 0 bridgehead atoms. The van der Waals surface area contributed by atoms with E-state index in [1.54, 1.807) is 7.11 Å². The van der Waals surface area contributed by atoms with Gasteiger partial charge in [-0.15, -0.1) is 10.2 Å². The SMILES string of the molecule is COc1ccc(Oc2ccc(Oc3ccc(-c4nnc(-c5ccc(C)cc5)o4)cc3)cc2)cc1. The van der Waals surface area contributed by atoms with Crippen LogP contribution in [0.5, 0.6) is 28.7 Å².